The third kappa shape index (κ3) is 2.31. The van der Waals surface area contributed by atoms with Gasteiger partial charge in [0, 0.05) is 18.0 Å². The highest BCUT2D eigenvalue weighted by atomic mass is 16.2. The summed E-state index contributed by atoms with van der Waals surface area (Å²) < 4.78 is 1.36. The Hall–Kier alpha value is -2.88. The number of carbonyl (C=O) groups is 1. The largest absolute Gasteiger partial charge is 0.364 e. The van der Waals surface area contributed by atoms with Gasteiger partial charge in [0.1, 0.15) is 5.69 Å². The third-order valence-corrected chi connectivity index (χ3v) is 4.66. The number of rotatable bonds is 2. The van der Waals surface area contributed by atoms with Gasteiger partial charge in [0.15, 0.2) is 0 Å². The number of carbonyl (C=O) groups excluding carboxylic acids is 1. The molecule has 1 amide bonds. The molecule has 0 bridgehead atoms. The first kappa shape index (κ1) is 16.0. The molecule has 0 aliphatic rings. The van der Waals surface area contributed by atoms with Crippen LogP contribution in [0.1, 0.15) is 27.2 Å². The Morgan fingerprint density at radius 1 is 0.958 bits per heavy atom. The zero-order chi connectivity index (χ0) is 17.6. The van der Waals surface area contributed by atoms with Gasteiger partial charge in [-0.15, -0.1) is 0 Å². The van der Waals surface area contributed by atoms with Gasteiger partial charge in [0.2, 0.25) is 0 Å². The molecule has 0 saturated carbocycles. The van der Waals surface area contributed by atoms with Crippen molar-refractivity contribution in [2.45, 2.75) is 20.8 Å². The van der Waals surface area contributed by atoms with E-state index in [9.17, 15) is 9.59 Å². The number of primary amides is 1. The first-order valence-electron chi connectivity index (χ1n) is 7.82. The predicted octanol–water partition coefficient (Wildman–Crippen LogP) is 3.23. The molecule has 0 saturated heterocycles. The number of amides is 1. The molecule has 0 atom stereocenters. The molecule has 4 nitrogen and oxygen atoms in total. The van der Waals surface area contributed by atoms with Crippen LogP contribution in [0.2, 0.25) is 0 Å². The van der Waals surface area contributed by atoms with E-state index in [-0.39, 0.29) is 11.3 Å². The van der Waals surface area contributed by atoms with E-state index in [0.29, 0.717) is 5.39 Å². The lowest BCUT2D eigenvalue weighted by atomic mass is 9.91. The minimum atomic E-state index is -0.604. The molecule has 2 aromatic carbocycles. The number of nitrogens with zero attached hydrogens (tertiary/aromatic N) is 1. The summed E-state index contributed by atoms with van der Waals surface area (Å²) in [4.78, 5) is 24.9. The van der Waals surface area contributed by atoms with Crippen molar-refractivity contribution in [2.75, 3.05) is 0 Å². The van der Waals surface area contributed by atoms with Crippen LogP contribution in [0.4, 0.5) is 0 Å². The molecule has 3 rings (SSSR count). The van der Waals surface area contributed by atoms with E-state index >= 15 is 0 Å². The fourth-order valence-electron chi connectivity index (χ4n) is 3.19. The number of benzene rings is 2. The zero-order valence-electron chi connectivity index (χ0n) is 14.3. The molecule has 1 heterocycles. The molecule has 1 aromatic heterocycles. The van der Waals surface area contributed by atoms with E-state index in [0.717, 1.165) is 33.2 Å². The molecular formula is C20H20N2O2. The van der Waals surface area contributed by atoms with Gasteiger partial charge in [-0.3, -0.25) is 9.59 Å². The summed E-state index contributed by atoms with van der Waals surface area (Å²) in [5.41, 5.74) is 10.4. The first-order valence-corrected chi connectivity index (χ1v) is 7.82. The van der Waals surface area contributed by atoms with Gasteiger partial charge in [0.25, 0.3) is 11.5 Å². The van der Waals surface area contributed by atoms with Crippen molar-refractivity contribution >= 4 is 16.7 Å². The molecule has 0 aliphatic carbocycles. The molecular weight excluding hydrogens is 300 g/mol. The quantitative estimate of drug-likeness (QED) is 0.788. The lowest BCUT2D eigenvalue weighted by Crippen LogP contribution is -2.28. The number of hydrogen-bond acceptors (Lipinski definition) is 2. The summed E-state index contributed by atoms with van der Waals surface area (Å²) in [6.45, 7) is 5.96. The number of aromatic nitrogens is 1. The summed E-state index contributed by atoms with van der Waals surface area (Å²) in [5, 5.41) is 1.37. The second kappa shape index (κ2) is 5.64. The minimum Gasteiger partial charge on any atom is -0.364 e. The number of nitrogens with two attached hydrogens (primary N) is 1. The van der Waals surface area contributed by atoms with Crippen molar-refractivity contribution in [3.63, 3.8) is 0 Å². The van der Waals surface area contributed by atoms with Crippen LogP contribution in [0.5, 0.6) is 0 Å². The van der Waals surface area contributed by atoms with E-state index in [1.54, 1.807) is 7.05 Å². The zero-order valence-corrected chi connectivity index (χ0v) is 14.3. The van der Waals surface area contributed by atoms with Crippen LogP contribution >= 0.6 is 0 Å². The maximum atomic E-state index is 12.7. The van der Waals surface area contributed by atoms with Gasteiger partial charge in [-0.1, -0.05) is 30.3 Å². The highest BCUT2D eigenvalue weighted by molar-refractivity contribution is 6.08. The Balaban J connectivity index is 2.64. The topological polar surface area (TPSA) is 65.1 Å². The summed E-state index contributed by atoms with van der Waals surface area (Å²) >= 11 is 0. The lowest BCUT2D eigenvalue weighted by molar-refractivity contribution is 0.0992. The average molecular weight is 320 g/mol. The Labute approximate surface area is 140 Å². The fraction of sp³-hybridized carbons (Fsp3) is 0.200. The fourth-order valence-corrected chi connectivity index (χ4v) is 3.19. The predicted molar refractivity (Wildman–Crippen MR) is 97.4 cm³/mol. The van der Waals surface area contributed by atoms with Gasteiger partial charge in [-0.25, -0.2) is 0 Å². The standard InChI is InChI=1S/C20H20N2O2/c1-11-7-5-6-8-14(11)17-15-9-12(2)13(3)10-16(15)20(24)22(4)18(17)19(21)23/h5-10H,1-4H3,(H2,21,23). The molecule has 0 aliphatic heterocycles. The summed E-state index contributed by atoms with van der Waals surface area (Å²) in [6.07, 6.45) is 0. The molecule has 0 radical (unpaired) electrons. The Morgan fingerprint density at radius 2 is 1.54 bits per heavy atom. The van der Waals surface area contributed by atoms with Crippen molar-refractivity contribution in [3.05, 3.63) is 69.1 Å². The SMILES string of the molecule is Cc1cc2c(-c3ccccc3C)c(C(N)=O)n(C)c(=O)c2cc1C. The van der Waals surface area contributed by atoms with Crippen LogP contribution in [0.3, 0.4) is 0 Å². The van der Waals surface area contributed by atoms with Gasteiger partial charge in [-0.2, -0.15) is 0 Å². The van der Waals surface area contributed by atoms with Crippen LogP contribution in [0.15, 0.2) is 41.2 Å². The smallest absolute Gasteiger partial charge is 0.266 e. The van der Waals surface area contributed by atoms with Crippen molar-refractivity contribution in [1.29, 1.82) is 0 Å². The Morgan fingerprint density at radius 3 is 2.12 bits per heavy atom. The summed E-state index contributed by atoms with van der Waals surface area (Å²) in [6, 6.07) is 11.7. The van der Waals surface area contributed by atoms with E-state index in [1.165, 1.54) is 4.57 Å². The monoisotopic (exact) mass is 320 g/mol. The number of aryl methyl sites for hydroxylation is 3. The molecule has 3 aromatic rings. The Kier molecular flexibility index (Phi) is 3.76. The molecule has 2 N–H and O–H groups in total. The lowest BCUT2D eigenvalue weighted by Gasteiger charge is -2.18. The van der Waals surface area contributed by atoms with Crippen molar-refractivity contribution in [2.24, 2.45) is 12.8 Å². The van der Waals surface area contributed by atoms with E-state index in [2.05, 4.69) is 0 Å². The van der Waals surface area contributed by atoms with Gasteiger partial charge >= 0.3 is 0 Å². The molecule has 0 spiro atoms. The maximum Gasteiger partial charge on any atom is 0.266 e. The van der Waals surface area contributed by atoms with Crippen molar-refractivity contribution in [1.82, 2.24) is 4.57 Å². The van der Waals surface area contributed by atoms with Crippen LogP contribution in [-0.2, 0) is 7.05 Å². The van der Waals surface area contributed by atoms with Gasteiger partial charge < -0.3 is 10.3 Å². The highest BCUT2D eigenvalue weighted by Crippen LogP contribution is 2.33. The molecule has 0 unspecified atom stereocenters. The summed E-state index contributed by atoms with van der Waals surface area (Å²) in [5.74, 6) is -0.604. The van der Waals surface area contributed by atoms with Crippen LogP contribution in [0, 0.1) is 20.8 Å². The van der Waals surface area contributed by atoms with Crippen molar-refractivity contribution < 1.29 is 4.79 Å². The average Bonchev–Trinajstić information content (AvgIpc) is 2.53. The van der Waals surface area contributed by atoms with Gasteiger partial charge in [0.05, 0.1) is 0 Å². The number of fused-ring (bicyclic) bond motifs is 1. The third-order valence-electron chi connectivity index (χ3n) is 4.66. The van der Waals surface area contributed by atoms with E-state index in [4.69, 9.17) is 5.73 Å². The molecule has 4 heteroatoms. The Bertz CT molecular complexity index is 1050. The second-order valence-corrected chi connectivity index (χ2v) is 6.25. The normalized spacial score (nSPS) is 11.0. The molecule has 0 fully saturated rings. The van der Waals surface area contributed by atoms with E-state index in [1.807, 2.05) is 57.2 Å². The minimum absolute atomic E-state index is 0.209. The van der Waals surface area contributed by atoms with E-state index < -0.39 is 5.91 Å². The molecule has 122 valence electrons. The van der Waals surface area contributed by atoms with Crippen LogP contribution < -0.4 is 11.3 Å². The van der Waals surface area contributed by atoms with Crippen LogP contribution in [-0.4, -0.2) is 10.5 Å². The first-order chi connectivity index (χ1) is 11.3. The number of hydrogen-bond donors (Lipinski definition) is 1. The van der Waals surface area contributed by atoms with Crippen molar-refractivity contribution in [3.8, 4) is 11.1 Å². The molecule has 24 heavy (non-hydrogen) atoms. The van der Waals surface area contributed by atoms with Gasteiger partial charge in [-0.05, 0) is 54.5 Å². The van der Waals surface area contributed by atoms with Crippen LogP contribution in [0.25, 0.3) is 21.9 Å². The highest BCUT2D eigenvalue weighted by Gasteiger charge is 2.21. The second-order valence-electron chi connectivity index (χ2n) is 6.25. The number of pyridine rings is 1. The summed E-state index contributed by atoms with van der Waals surface area (Å²) in [7, 11) is 1.60. The maximum absolute atomic E-state index is 12.7.